The summed E-state index contributed by atoms with van der Waals surface area (Å²) in [7, 11) is 0. The zero-order valence-electron chi connectivity index (χ0n) is 9.35. The molecule has 1 rings (SSSR count). The van der Waals surface area contributed by atoms with E-state index >= 15 is 0 Å². The number of carboxylic acid groups (broad SMARTS) is 1. The van der Waals surface area contributed by atoms with E-state index in [0.29, 0.717) is 0 Å². The lowest BCUT2D eigenvalue weighted by molar-refractivity contribution is -0.139. The largest absolute Gasteiger partial charge is 0.480 e. The van der Waals surface area contributed by atoms with E-state index in [1.807, 2.05) is 36.6 Å². The van der Waals surface area contributed by atoms with E-state index in [1.54, 1.807) is 11.8 Å². The van der Waals surface area contributed by atoms with Crippen molar-refractivity contribution in [3.05, 3.63) is 35.9 Å². The van der Waals surface area contributed by atoms with Crippen molar-refractivity contribution >= 4 is 17.7 Å². The predicted octanol–water partition coefficient (Wildman–Crippen LogP) is 2.16. The molecule has 0 saturated carbocycles. The number of hydrogen-bond donors (Lipinski definition) is 2. The topological polar surface area (TPSA) is 49.3 Å². The van der Waals surface area contributed by atoms with Crippen LogP contribution in [0.2, 0.25) is 0 Å². The van der Waals surface area contributed by atoms with E-state index in [2.05, 4.69) is 5.32 Å². The summed E-state index contributed by atoms with van der Waals surface area (Å²) in [6.07, 6.45) is 3.03. The Morgan fingerprint density at radius 3 is 2.69 bits per heavy atom. The highest BCUT2D eigenvalue weighted by Gasteiger charge is 2.17. The van der Waals surface area contributed by atoms with Gasteiger partial charge in [0, 0.05) is 0 Å². The molecule has 0 aliphatic carbocycles. The van der Waals surface area contributed by atoms with Gasteiger partial charge in [0.15, 0.2) is 0 Å². The zero-order chi connectivity index (χ0) is 11.8. The summed E-state index contributed by atoms with van der Waals surface area (Å²) in [5.41, 5.74) is 0.805. The van der Waals surface area contributed by atoms with Crippen LogP contribution in [-0.4, -0.2) is 29.6 Å². The summed E-state index contributed by atoms with van der Waals surface area (Å²) in [6.45, 7) is 0.729. The van der Waals surface area contributed by atoms with Crippen LogP contribution < -0.4 is 5.32 Å². The van der Waals surface area contributed by atoms with Crippen LogP contribution in [-0.2, 0) is 4.79 Å². The predicted molar refractivity (Wildman–Crippen MR) is 67.8 cm³/mol. The number of carbonyl (C=O) groups is 1. The summed E-state index contributed by atoms with van der Waals surface area (Å²) in [5.74, 6) is 0.226. The van der Waals surface area contributed by atoms with Crippen LogP contribution in [0.1, 0.15) is 18.0 Å². The molecular weight excluding hydrogens is 222 g/mol. The lowest BCUT2D eigenvalue weighted by Gasteiger charge is -2.14. The zero-order valence-corrected chi connectivity index (χ0v) is 10.2. The van der Waals surface area contributed by atoms with Gasteiger partial charge in [-0.2, -0.15) is 11.8 Å². The van der Waals surface area contributed by atoms with Crippen LogP contribution in [0.4, 0.5) is 0 Å². The number of aliphatic carboxylic acids is 1. The molecule has 0 bridgehead atoms. The summed E-state index contributed by atoms with van der Waals surface area (Å²) in [6, 6.07) is 8.67. The highest BCUT2D eigenvalue weighted by Crippen LogP contribution is 2.12. The Bertz CT molecular complexity index is 316. The fraction of sp³-hybridized carbons (Fsp3) is 0.417. The van der Waals surface area contributed by atoms with Gasteiger partial charge in [-0.3, -0.25) is 4.79 Å². The van der Waals surface area contributed by atoms with Crippen molar-refractivity contribution in [2.24, 2.45) is 0 Å². The smallest absolute Gasteiger partial charge is 0.325 e. The van der Waals surface area contributed by atoms with Crippen molar-refractivity contribution in [3.63, 3.8) is 0 Å². The highest BCUT2D eigenvalue weighted by molar-refractivity contribution is 7.98. The van der Waals surface area contributed by atoms with Gasteiger partial charge < -0.3 is 10.4 Å². The van der Waals surface area contributed by atoms with Gasteiger partial charge in [-0.25, -0.2) is 0 Å². The maximum absolute atomic E-state index is 11.1. The number of nitrogens with one attached hydrogen (secondary N) is 1. The minimum absolute atomic E-state index is 0.594. The first-order chi connectivity index (χ1) is 7.75. The van der Waals surface area contributed by atoms with Crippen molar-refractivity contribution in [1.29, 1.82) is 0 Å². The second-order valence-corrected chi connectivity index (χ2v) is 4.47. The first kappa shape index (κ1) is 13.1. The molecule has 1 aromatic carbocycles. The standard InChI is InChI=1S/C12H17NO2S/c1-16-9-5-8-13-11(12(14)15)10-6-3-2-4-7-10/h2-4,6-7,11,13H,5,8-9H2,1H3,(H,14,15). The van der Waals surface area contributed by atoms with Crippen LogP contribution in [0.25, 0.3) is 0 Å². The third-order valence-corrected chi connectivity index (χ3v) is 2.95. The van der Waals surface area contributed by atoms with Gasteiger partial charge >= 0.3 is 5.97 Å². The van der Waals surface area contributed by atoms with Crippen LogP contribution in [0.3, 0.4) is 0 Å². The SMILES string of the molecule is CSCCCNC(C(=O)O)c1ccccc1. The number of hydrogen-bond acceptors (Lipinski definition) is 3. The first-order valence-electron chi connectivity index (χ1n) is 5.25. The third kappa shape index (κ3) is 4.24. The van der Waals surface area contributed by atoms with Crippen molar-refractivity contribution in [2.45, 2.75) is 12.5 Å². The van der Waals surface area contributed by atoms with Crippen molar-refractivity contribution in [1.82, 2.24) is 5.32 Å². The monoisotopic (exact) mass is 239 g/mol. The fourth-order valence-corrected chi connectivity index (χ4v) is 1.89. The minimum atomic E-state index is -0.824. The van der Waals surface area contributed by atoms with E-state index in [4.69, 9.17) is 5.11 Å². The van der Waals surface area contributed by atoms with Crippen LogP contribution in [0, 0.1) is 0 Å². The number of carboxylic acids is 1. The second-order valence-electron chi connectivity index (χ2n) is 3.48. The lowest BCUT2D eigenvalue weighted by atomic mass is 10.1. The molecule has 1 unspecified atom stereocenters. The summed E-state index contributed by atoms with van der Waals surface area (Å²) >= 11 is 1.77. The lowest BCUT2D eigenvalue weighted by Crippen LogP contribution is -2.29. The maximum Gasteiger partial charge on any atom is 0.325 e. The van der Waals surface area contributed by atoms with Crippen LogP contribution in [0.15, 0.2) is 30.3 Å². The Morgan fingerprint density at radius 2 is 2.12 bits per heavy atom. The first-order valence-corrected chi connectivity index (χ1v) is 6.65. The Labute approximate surface area is 100 Å². The van der Waals surface area contributed by atoms with E-state index in [-0.39, 0.29) is 0 Å². The third-order valence-electron chi connectivity index (χ3n) is 2.25. The molecule has 0 saturated heterocycles. The van der Waals surface area contributed by atoms with Crippen molar-refractivity contribution < 1.29 is 9.90 Å². The molecule has 0 fully saturated rings. The second kappa shape index (κ2) is 7.30. The average molecular weight is 239 g/mol. The molecule has 0 aromatic heterocycles. The molecule has 0 amide bonds. The summed E-state index contributed by atoms with van der Waals surface area (Å²) in [4.78, 5) is 11.1. The molecule has 88 valence electrons. The summed E-state index contributed by atoms with van der Waals surface area (Å²) in [5, 5.41) is 12.2. The van der Waals surface area contributed by atoms with Gasteiger partial charge in [-0.15, -0.1) is 0 Å². The van der Waals surface area contributed by atoms with Gasteiger partial charge in [0.1, 0.15) is 6.04 Å². The molecule has 0 heterocycles. The van der Waals surface area contributed by atoms with Gasteiger partial charge in [0.25, 0.3) is 0 Å². The van der Waals surface area contributed by atoms with Gasteiger partial charge in [0.05, 0.1) is 0 Å². The Morgan fingerprint density at radius 1 is 1.44 bits per heavy atom. The van der Waals surface area contributed by atoms with E-state index in [0.717, 1.165) is 24.3 Å². The van der Waals surface area contributed by atoms with E-state index in [1.165, 1.54) is 0 Å². The molecule has 16 heavy (non-hydrogen) atoms. The maximum atomic E-state index is 11.1. The quantitative estimate of drug-likeness (QED) is 0.716. The van der Waals surface area contributed by atoms with Crippen molar-refractivity contribution in [2.75, 3.05) is 18.6 Å². The van der Waals surface area contributed by atoms with Gasteiger partial charge in [-0.05, 0) is 30.5 Å². The number of rotatable bonds is 7. The fourth-order valence-electron chi connectivity index (χ4n) is 1.46. The molecule has 3 nitrogen and oxygen atoms in total. The Hall–Kier alpha value is -1.00. The molecule has 0 aliphatic rings. The molecule has 0 spiro atoms. The van der Waals surface area contributed by atoms with E-state index in [9.17, 15) is 4.79 Å². The molecule has 0 radical (unpaired) electrons. The minimum Gasteiger partial charge on any atom is -0.480 e. The average Bonchev–Trinajstić information content (AvgIpc) is 2.30. The van der Waals surface area contributed by atoms with Crippen LogP contribution >= 0.6 is 11.8 Å². The Balaban J connectivity index is 2.52. The molecular formula is C12H17NO2S. The molecule has 1 atom stereocenters. The van der Waals surface area contributed by atoms with Gasteiger partial charge in [-0.1, -0.05) is 30.3 Å². The van der Waals surface area contributed by atoms with Gasteiger partial charge in [0.2, 0.25) is 0 Å². The number of thioether (sulfide) groups is 1. The van der Waals surface area contributed by atoms with Crippen LogP contribution in [0.5, 0.6) is 0 Å². The molecule has 4 heteroatoms. The highest BCUT2D eigenvalue weighted by atomic mass is 32.2. The van der Waals surface area contributed by atoms with Crippen molar-refractivity contribution in [3.8, 4) is 0 Å². The van der Waals surface area contributed by atoms with E-state index < -0.39 is 12.0 Å². The molecule has 0 aliphatic heterocycles. The summed E-state index contributed by atoms with van der Waals surface area (Å²) < 4.78 is 0. The Kier molecular flexibility index (Phi) is 5.96. The number of benzene rings is 1. The normalized spacial score (nSPS) is 12.3. The molecule has 2 N–H and O–H groups in total. The molecule has 1 aromatic rings.